The molecule has 2 aliphatic carbocycles. The van der Waals surface area contributed by atoms with Gasteiger partial charge in [-0.2, -0.15) is 0 Å². The number of anilines is 1. The second-order valence-corrected chi connectivity index (χ2v) is 7.27. The Balaban J connectivity index is 1.73. The van der Waals surface area contributed by atoms with Crippen molar-refractivity contribution in [2.24, 2.45) is 5.41 Å². The van der Waals surface area contributed by atoms with E-state index < -0.39 is 5.41 Å². The molecule has 0 atom stereocenters. The minimum Gasteiger partial charge on any atom is -0.353 e. The van der Waals surface area contributed by atoms with Gasteiger partial charge in [0.2, 0.25) is 11.8 Å². The Labute approximate surface area is 142 Å². The van der Waals surface area contributed by atoms with Gasteiger partial charge in [-0.25, -0.2) is 4.39 Å². The smallest absolute Gasteiger partial charge is 0.231 e. The maximum Gasteiger partial charge on any atom is 0.231 e. The van der Waals surface area contributed by atoms with Gasteiger partial charge in [-0.05, 0) is 56.4 Å². The van der Waals surface area contributed by atoms with Crippen molar-refractivity contribution in [2.75, 3.05) is 5.32 Å². The predicted molar refractivity (Wildman–Crippen MR) is 91.1 cm³/mol. The van der Waals surface area contributed by atoms with Crippen LogP contribution in [-0.2, 0) is 9.59 Å². The molecule has 0 spiro atoms. The van der Waals surface area contributed by atoms with E-state index >= 15 is 0 Å². The average Bonchev–Trinajstić information content (AvgIpc) is 3.34. The van der Waals surface area contributed by atoms with Crippen molar-refractivity contribution in [3.05, 3.63) is 29.6 Å². The molecule has 0 aliphatic heterocycles. The first-order chi connectivity index (χ1) is 11.5. The topological polar surface area (TPSA) is 58.2 Å². The van der Waals surface area contributed by atoms with Crippen LogP contribution < -0.4 is 10.6 Å². The van der Waals surface area contributed by atoms with Crippen LogP contribution in [0.1, 0.15) is 56.9 Å². The number of benzene rings is 1. The van der Waals surface area contributed by atoms with Crippen LogP contribution in [0.25, 0.3) is 0 Å². The molecule has 2 aliphatic rings. The maximum absolute atomic E-state index is 13.2. The molecule has 0 radical (unpaired) electrons. The Morgan fingerprint density at radius 3 is 2.54 bits per heavy atom. The molecule has 0 aromatic heterocycles. The molecule has 1 aromatic carbocycles. The van der Waals surface area contributed by atoms with Gasteiger partial charge in [0, 0.05) is 18.2 Å². The third-order valence-corrected chi connectivity index (χ3v) is 5.17. The molecule has 0 saturated heterocycles. The third-order valence-electron chi connectivity index (χ3n) is 5.17. The van der Waals surface area contributed by atoms with Crippen LogP contribution in [0.15, 0.2) is 18.2 Å². The number of hydrogen-bond donors (Lipinski definition) is 2. The monoisotopic (exact) mass is 332 g/mol. The van der Waals surface area contributed by atoms with E-state index in [4.69, 9.17) is 0 Å². The summed E-state index contributed by atoms with van der Waals surface area (Å²) in [6.45, 7) is 1.77. The van der Waals surface area contributed by atoms with Crippen molar-refractivity contribution in [3.63, 3.8) is 0 Å². The van der Waals surface area contributed by atoms with Gasteiger partial charge in [0.05, 0.1) is 5.41 Å². The second-order valence-electron chi connectivity index (χ2n) is 7.27. The molecule has 0 unspecified atom stereocenters. The molecule has 4 nitrogen and oxygen atoms in total. The zero-order valence-corrected chi connectivity index (χ0v) is 14.2. The van der Waals surface area contributed by atoms with Gasteiger partial charge < -0.3 is 10.6 Å². The quantitative estimate of drug-likeness (QED) is 0.864. The highest BCUT2D eigenvalue weighted by Crippen LogP contribution is 2.41. The summed E-state index contributed by atoms with van der Waals surface area (Å²) in [6, 6.07) is 4.64. The van der Waals surface area contributed by atoms with Crippen LogP contribution in [-0.4, -0.2) is 17.9 Å². The maximum atomic E-state index is 13.2. The number of carbonyl (C=O) groups excluding carboxylic acids is 2. The van der Waals surface area contributed by atoms with Crippen molar-refractivity contribution >= 4 is 17.5 Å². The van der Waals surface area contributed by atoms with Crippen LogP contribution in [0.2, 0.25) is 0 Å². The first-order valence-corrected chi connectivity index (χ1v) is 8.85. The number of amides is 2. The molecule has 0 bridgehead atoms. The molecule has 5 heteroatoms. The fourth-order valence-electron chi connectivity index (χ4n) is 3.55. The minimum absolute atomic E-state index is 0.0228. The minimum atomic E-state index is -0.641. The van der Waals surface area contributed by atoms with Crippen molar-refractivity contribution in [2.45, 2.75) is 64.3 Å². The Kier molecular flexibility index (Phi) is 4.88. The largest absolute Gasteiger partial charge is 0.353 e. The number of hydrogen-bond acceptors (Lipinski definition) is 2. The number of carbonyl (C=O) groups is 2. The van der Waals surface area contributed by atoms with E-state index in [9.17, 15) is 14.0 Å². The van der Waals surface area contributed by atoms with Gasteiger partial charge in [-0.1, -0.05) is 19.3 Å². The van der Waals surface area contributed by atoms with E-state index in [2.05, 4.69) is 10.6 Å². The Bertz CT molecular complexity index is 634. The summed E-state index contributed by atoms with van der Waals surface area (Å²) in [5, 5.41) is 5.93. The van der Waals surface area contributed by atoms with Gasteiger partial charge in [0.1, 0.15) is 5.82 Å². The number of nitrogens with one attached hydrogen (secondary N) is 2. The summed E-state index contributed by atoms with van der Waals surface area (Å²) in [5.41, 5.74) is 0.670. The Hall–Kier alpha value is -1.91. The van der Waals surface area contributed by atoms with E-state index in [1.54, 1.807) is 13.0 Å². The first-order valence-electron chi connectivity index (χ1n) is 8.85. The lowest BCUT2D eigenvalue weighted by atomic mass is 9.70. The molecule has 24 heavy (non-hydrogen) atoms. The van der Waals surface area contributed by atoms with Gasteiger partial charge in [0.15, 0.2) is 0 Å². The lowest BCUT2D eigenvalue weighted by Gasteiger charge is -2.35. The lowest BCUT2D eigenvalue weighted by molar-refractivity contribution is -0.134. The summed E-state index contributed by atoms with van der Waals surface area (Å²) >= 11 is 0. The summed E-state index contributed by atoms with van der Waals surface area (Å²) in [6.07, 6.45) is 6.83. The highest BCUT2D eigenvalue weighted by molar-refractivity contribution is 5.98. The van der Waals surface area contributed by atoms with E-state index in [0.717, 1.165) is 44.9 Å². The molecule has 2 amide bonds. The fourth-order valence-corrected chi connectivity index (χ4v) is 3.55. The summed E-state index contributed by atoms with van der Waals surface area (Å²) in [5.74, 6) is -0.449. The fraction of sp³-hybridized carbons (Fsp3) is 0.579. The molecule has 3 rings (SSSR count). The van der Waals surface area contributed by atoms with Crippen LogP contribution in [0.5, 0.6) is 0 Å². The summed E-state index contributed by atoms with van der Waals surface area (Å²) < 4.78 is 13.2. The zero-order chi connectivity index (χ0) is 17.2. The highest BCUT2D eigenvalue weighted by atomic mass is 19.1. The van der Waals surface area contributed by atoms with Crippen molar-refractivity contribution in [1.29, 1.82) is 0 Å². The third kappa shape index (κ3) is 3.94. The van der Waals surface area contributed by atoms with Crippen molar-refractivity contribution in [1.82, 2.24) is 5.32 Å². The molecule has 2 N–H and O–H groups in total. The second kappa shape index (κ2) is 6.91. The van der Waals surface area contributed by atoms with E-state index in [1.807, 2.05) is 0 Å². The first kappa shape index (κ1) is 16.9. The van der Waals surface area contributed by atoms with Crippen LogP contribution in [0.4, 0.5) is 10.1 Å². The standard InChI is InChI=1S/C19H25FN2O2/c1-13-11-14(20)5-8-16(13)22-18(24)19(9-3-2-4-10-19)12-17(23)21-15-6-7-15/h5,8,11,15H,2-4,6-7,9-10,12H2,1H3,(H,21,23)(H,22,24). The van der Waals surface area contributed by atoms with E-state index in [0.29, 0.717) is 17.3 Å². The number of aryl methyl sites for hydroxylation is 1. The summed E-state index contributed by atoms with van der Waals surface area (Å²) in [7, 11) is 0. The predicted octanol–water partition coefficient (Wildman–Crippen LogP) is 3.69. The molecule has 130 valence electrons. The highest BCUT2D eigenvalue weighted by Gasteiger charge is 2.42. The van der Waals surface area contributed by atoms with Gasteiger partial charge in [0.25, 0.3) is 0 Å². The molecule has 2 fully saturated rings. The Morgan fingerprint density at radius 2 is 1.92 bits per heavy atom. The van der Waals surface area contributed by atoms with Crippen molar-refractivity contribution in [3.8, 4) is 0 Å². The average molecular weight is 332 g/mol. The van der Waals surface area contributed by atoms with Gasteiger partial charge >= 0.3 is 0 Å². The molecule has 2 saturated carbocycles. The van der Waals surface area contributed by atoms with Gasteiger partial charge in [-0.3, -0.25) is 9.59 Å². The van der Waals surface area contributed by atoms with Gasteiger partial charge in [-0.15, -0.1) is 0 Å². The number of rotatable bonds is 5. The molecule has 0 heterocycles. The zero-order valence-electron chi connectivity index (χ0n) is 14.2. The molecular formula is C19H25FN2O2. The normalized spacial score (nSPS) is 19.6. The van der Waals surface area contributed by atoms with Crippen LogP contribution in [0.3, 0.4) is 0 Å². The molecule has 1 aromatic rings. The molecular weight excluding hydrogens is 307 g/mol. The Morgan fingerprint density at radius 1 is 1.21 bits per heavy atom. The van der Waals surface area contributed by atoms with Crippen LogP contribution in [0, 0.1) is 18.2 Å². The van der Waals surface area contributed by atoms with Crippen LogP contribution >= 0.6 is 0 Å². The number of halogens is 1. The summed E-state index contributed by atoms with van der Waals surface area (Å²) in [4.78, 5) is 25.3. The van der Waals surface area contributed by atoms with E-state index in [1.165, 1.54) is 12.1 Å². The van der Waals surface area contributed by atoms with Crippen molar-refractivity contribution < 1.29 is 14.0 Å². The lowest BCUT2D eigenvalue weighted by Crippen LogP contribution is -2.42. The van der Waals surface area contributed by atoms with E-state index in [-0.39, 0.29) is 24.1 Å². The SMILES string of the molecule is Cc1cc(F)ccc1NC(=O)C1(CC(=O)NC2CC2)CCCCC1.